The average molecular weight is 428 g/mol. The summed E-state index contributed by atoms with van der Waals surface area (Å²) in [6.07, 6.45) is 4.31. The molecule has 1 aliphatic heterocycles. The summed E-state index contributed by atoms with van der Waals surface area (Å²) < 4.78 is 31.1. The number of rotatable bonds is 5. The highest BCUT2D eigenvalue weighted by atomic mass is 31.2. The first-order valence-electron chi connectivity index (χ1n) is 9.27. The maximum absolute atomic E-state index is 12.7. The predicted molar refractivity (Wildman–Crippen MR) is 108 cm³/mol. The van der Waals surface area contributed by atoms with Crippen LogP contribution in [0.4, 0.5) is 0 Å². The van der Waals surface area contributed by atoms with Gasteiger partial charge < -0.3 is 18.9 Å². The van der Waals surface area contributed by atoms with Gasteiger partial charge in [-0.2, -0.15) is 0 Å². The van der Waals surface area contributed by atoms with Crippen molar-refractivity contribution in [3.05, 3.63) is 32.6 Å². The van der Waals surface area contributed by atoms with Crippen LogP contribution in [-0.2, 0) is 18.6 Å². The zero-order valence-corrected chi connectivity index (χ0v) is 18.5. The molecule has 4 atom stereocenters. The molecule has 2 heterocycles. The van der Waals surface area contributed by atoms with Crippen LogP contribution in [0, 0.1) is 12.3 Å². The Morgan fingerprint density at radius 2 is 1.97 bits per heavy atom. The molecule has 9 nitrogen and oxygen atoms in total. The van der Waals surface area contributed by atoms with Crippen molar-refractivity contribution in [1.29, 1.82) is 0 Å². The van der Waals surface area contributed by atoms with Gasteiger partial charge in [-0.05, 0) is 41.5 Å². The van der Waals surface area contributed by atoms with E-state index in [1.54, 1.807) is 20.8 Å². The molecule has 0 saturated carbocycles. The van der Waals surface area contributed by atoms with Gasteiger partial charge >= 0.3 is 13.3 Å². The van der Waals surface area contributed by atoms with Crippen molar-refractivity contribution in [2.24, 2.45) is 0 Å². The van der Waals surface area contributed by atoms with Crippen LogP contribution in [0.15, 0.2) is 15.8 Å². The smallest absolute Gasteiger partial charge is 0.333 e. The van der Waals surface area contributed by atoms with E-state index in [0.717, 1.165) is 4.57 Å². The Balaban J connectivity index is 2.35. The van der Waals surface area contributed by atoms with Gasteiger partial charge in [0.05, 0.1) is 23.5 Å². The third kappa shape index (κ3) is 5.68. The van der Waals surface area contributed by atoms with Gasteiger partial charge in [0.1, 0.15) is 17.9 Å². The molecule has 29 heavy (non-hydrogen) atoms. The Hall–Kier alpha value is -1.69. The maximum Gasteiger partial charge on any atom is 0.333 e. The topological polar surface area (TPSA) is 120 Å². The highest BCUT2D eigenvalue weighted by Gasteiger charge is 2.45. The van der Waals surface area contributed by atoms with E-state index in [0.29, 0.717) is 0 Å². The molecule has 2 rings (SSSR count). The number of aromatic amines is 1. The van der Waals surface area contributed by atoms with Crippen LogP contribution in [0.1, 0.15) is 59.8 Å². The number of nitrogens with zero attached hydrogens (tertiary/aromatic N) is 1. The number of H-pyrrole nitrogens is 1. The van der Waals surface area contributed by atoms with Crippen molar-refractivity contribution < 1.29 is 23.5 Å². The molecule has 0 amide bonds. The summed E-state index contributed by atoms with van der Waals surface area (Å²) in [5, 5.41) is -0.994. The van der Waals surface area contributed by atoms with Crippen LogP contribution in [0.5, 0.6) is 0 Å². The number of aromatic nitrogens is 2. The first-order valence-corrected chi connectivity index (χ1v) is 10.8. The Labute approximate surface area is 169 Å². The number of terminal acetylenes is 1. The molecular weight excluding hydrogens is 399 g/mol. The van der Waals surface area contributed by atoms with Crippen LogP contribution in [-0.4, -0.2) is 44.0 Å². The van der Waals surface area contributed by atoms with Gasteiger partial charge in [0.15, 0.2) is 0 Å². The number of hydrogen-bond donors (Lipinski definition) is 2. The van der Waals surface area contributed by atoms with Crippen LogP contribution in [0.25, 0.3) is 0 Å². The fourth-order valence-electron chi connectivity index (χ4n) is 2.61. The van der Waals surface area contributed by atoms with Gasteiger partial charge in [0, 0.05) is 12.6 Å². The molecule has 1 fully saturated rings. The maximum atomic E-state index is 12.7. The molecular formula is C19H29N2O7P. The minimum Gasteiger partial charge on any atom is -0.373 e. The van der Waals surface area contributed by atoms with E-state index in [1.807, 2.05) is 20.8 Å². The van der Waals surface area contributed by atoms with Gasteiger partial charge in [-0.15, -0.1) is 6.42 Å². The summed E-state index contributed by atoms with van der Waals surface area (Å²) in [4.78, 5) is 36.5. The van der Waals surface area contributed by atoms with Crippen LogP contribution >= 0.6 is 7.60 Å². The fraction of sp³-hybridized carbons (Fsp3) is 0.684. The summed E-state index contributed by atoms with van der Waals surface area (Å²) in [6, 6.07) is 0. The molecule has 1 aromatic heterocycles. The molecule has 2 N–H and O–H groups in total. The van der Waals surface area contributed by atoms with Crippen LogP contribution < -0.4 is 11.2 Å². The second kappa shape index (κ2) is 8.21. The molecule has 0 aliphatic carbocycles. The van der Waals surface area contributed by atoms with Gasteiger partial charge in [0.2, 0.25) is 0 Å². The van der Waals surface area contributed by atoms with E-state index >= 15 is 0 Å². The Morgan fingerprint density at radius 1 is 1.34 bits per heavy atom. The van der Waals surface area contributed by atoms with Gasteiger partial charge in [-0.1, -0.05) is 5.92 Å². The zero-order valence-electron chi connectivity index (χ0n) is 17.6. The normalized spacial score (nSPS) is 24.8. The molecule has 1 unspecified atom stereocenters. The van der Waals surface area contributed by atoms with E-state index < -0.39 is 48.0 Å². The van der Waals surface area contributed by atoms with E-state index in [-0.39, 0.29) is 18.6 Å². The minimum absolute atomic E-state index is 0.0254. The molecule has 0 spiro atoms. The van der Waals surface area contributed by atoms with Gasteiger partial charge in [-0.25, -0.2) is 4.79 Å². The standard InChI is InChI=1S/C19H29N2O7P/c1-8-12-10-21(17(23)20-16(12)22)15-9-13(28-29(24,25)19(5,6)7)14(27-15)11-26-18(2,3)4/h1,10,13-15H,9,11H2,2-7H3,(H,24,25)(H,20,22,23)/t13-,14+,15+/m0/s1. The Kier molecular flexibility index (Phi) is 6.68. The van der Waals surface area contributed by atoms with Crippen molar-refractivity contribution in [3.8, 4) is 12.3 Å². The fourth-order valence-corrected chi connectivity index (χ4v) is 3.51. The summed E-state index contributed by atoms with van der Waals surface area (Å²) in [5.41, 5.74) is -1.86. The lowest BCUT2D eigenvalue weighted by Crippen LogP contribution is -2.35. The number of ether oxygens (including phenoxy) is 2. The van der Waals surface area contributed by atoms with Crippen molar-refractivity contribution in [3.63, 3.8) is 0 Å². The molecule has 1 aliphatic rings. The average Bonchev–Trinajstić information content (AvgIpc) is 2.93. The monoisotopic (exact) mass is 428 g/mol. The molecule has 0 radical (unpaired) electrons. The predicted octanol–water partition coefficient (Wildman–Crippen LogP) is 1.99. The second-order valence-corrected chi connectivity index (χ2v) is 11.6. The minimum atomic E-state index is -3.99. The van der Waals surface area contributed by atoms with E-state index in [9.17, 15) is 19.0 Å². The number of hydrogen-bond acceptors (Lipinski definition) is 6. The quantitative estimate of drug-likeness (QED) is 0.544. The lowest BCUT2D eigenvalue weighted by Gasteiger charge is -2.30. The lowest BCUT2D eigenvalue weighted by molar-refractivity contribution is -0.0976. The van der Waals surface area contributed by atoms with Gasteiger partial charge in [0.25, 0.3) is 5.56 Å². The summed E-state index contributed by atoms with van der Waals surface area (Å²) >= 11 is 0. The van der Waals surface area contributed by atoms with E-state index in [4.69, 9.17) is 20.4 Å². The molecule has 10 heteroatoms. The van der Waals surface area contributed by atoms with Gasteiger partial charge in [-0.3, -0.25) is 18.9 Å². The van der Waals surface area contributed by atoms with Crippen LogP contribution in [0.3, 0.4) is 0 Å². The van der Waals surface area contributed by atoms with Crippen molar-refractivity contribution in [1.82, 2.24) is 9.55 Å². The molecule has 162 valence electrons. The van der Waals surface area contributed by atoms with Crippen molar-refractivity contribution in [2.75, 3.05) is 6.61 Å². The molecule has 0 bridgehead atoms. The molecule has 1 aromatic rings. The Bertz CT molecular complexity index is 946. The molecule has 0 aromatic carbocycles. The zero-order chi connectivity index (χ0) is 22.2. The third-order valence-electron chi connectivity index (χ3n) is 4.42. The lowest BCUT2D eigenvalue weighted by atomic mass is 10.1. The number of nitrogens with one attached hydrogen (secondary N) is 1. The Morgan fingerprint density at radius 3 is 2.48 bits per heavy atom. The van der Waals surface area contributed by atoms with Crippen molar-refractivity contribution in [2.45, 2.75) is 77.2 Å². The summed E-state index contributed by atoms with van der Waals surface area (Å²) in [5.74, 6) is 2.21. The molecule has 1 saturated heterocycles. The third-order valence-corrected chi connectivity index (χ3v) is 6.67. The highest BCUT2D eigenvalue weighted by molar-refractivity contribution is 7.54. The van der Waals surface area contributed by atoms with Crippen molar-refractivity contribution >= 4 is 7.60 Å². The second-order valence-electron chi connectivity index (χ2n) is 8.98. The largest absolute Gasteiger partial charge is 0.373 e. The van der Waals surface area contributed by atoms with E-state index in [1.165, 1.54) is 6.20 Å². The first-order chi connectivity index (χ1) is 13.1. The first kappa shape index (κ1) is 23.6. The van der Waals surface area contributed by atoms with E-state index in [2.05, 4.69) is 10.9 Å². The van der Waals surface area contributed by atoms with Crippen LogP contribution in [0.2, 0.25) is 0 Å². The summed E-state index contributed by atoms with van der Waals surface area (Å²) in [6.45, 7) is 10.5. The highest BCUT2D eigenvalue weighted by Crippen LogP contribution is 2.57. The SMILES string of the molecule is C#Cc1cn([C@H]2C[C@H](OP(=O)(O)C(C)(C)C)[C@@H](COC(C)(C)C)O2)c(=O)[nH]c1=O. The summed E-state index contributed by atoms with van der Waals surface area (Å²) in [7, 11) is -3.99.